The van der Waals surface area contributed by atoms with Crippen LogP contribution in [0.5, 0.6) is 0 Å². The lowest BCUT2D eigenvalue weighted by molar-refractivity contribution is -0.119. The predicted octanol–water partition coefficient (Wildman–Crippen LogP) is 3.87. The van der Waals surface area contributed by atoms with E-state index in [9.17, 15) is 4.79 Å². The van der Waals surface area contributed by atoms with Gasteiger partial charge >= 0.3 is 0 Å². The summed E-state index contributed by atoms with van der Waals surface area (Å²) in [4.78, 5) is 12.9. The summed E-state index contributed by atoms with van der Waals surface area (Å²) in [5.74, 6) is 0.534. The van der Waals surface area contributed by atoms with Gasteiger partial charge in [0.1, 0.15) is 5.01 Å². The van der Waals surface area contributed by atoms with Crippen molar-refractivity contribution >= 4 is 56.8 Å². The highest BCUT2D eigenvalue weighted by atomic mass is 35.5. The van der Waals surface area contributed by atoms with Crippen LogP contribution in [0.4, 0.5) is 5.69 Å². The lowest BCUT2D eigenvalue weighted by Gasteiger charge is -2.10. The van der Waals surface area contributed by atoms with E-state index in [0.717, 1.165) is 32.6 Å². The van der Waals surface area contributed by atoms with Crippen LogP contribution in [0.25, 0.3) is 15.5 Å². The summed E-state index contributed by atoms with van der Waals surface area (Å²) in [7, 11) is 0. The molecule has 0 atom stereocenters. The van der Waals surface area contributed by atoms with Crippen molar-refractivity contribution in [2.45, 2.75) is 13.3 Å². The molecule has 0 unspecified atom stereocenters. The van der Waals surface area contributed by atoms with Crippen molar-refractivity contribution in [1.29, 1.82) is 0 Å². The second-order valence-electron chi connectivity index (χ2n) is 6.24. The number of anilines is 1. The van der Waals surface area contributed by atoms with Crippen LogP contribution in [0.3, 0.4) is 0 Å². The zero-order valence-electron chi connectivity index (χ0n) is 15.2. The van der Waals surface area contributed by atoms with E-state index in [1.54, 1.807) is 16.6 Å². The van der Waals surface area contributed by atoms with E-state index >= 15 is 0 Å². The molecule has 0 aliphatic heterocycles. The van der Waals surface area contributed by atoms with Crippen molar-refractivity contribution in [1.82, 2.24) is 25.1 Å². The van der Waals surface area contributed by atoms with Crippen LogP contribution >= 0.6 is 35.2 Å². The van der Waals surface area contributed by atoms with Gasteiger partial charge in [0, 0.05) is 16.3 Å². The Bertz CT molecular complexity index is 1200. The minimum Gasteiger partial charge on any atom is -0.332 e. The number of nitrogens with zero attached hydrogens (tertiary/aromatic N) is 4. The number of carbonyl (C=O) groups excluding carboxylic acids is 1. The van der Waals surface area contributed by atoms with Gasteiger partial charge in [0.2, 0.25) is 10.9 Å². The third-order valence-corrected chi connectivity index (χ3v) is 5.45. The van der Waals surface area contributed by atoms with Crippen molar-refractivity contribution in [2.24, 2.45) is 0 Å². The van der Waals surface area contributed by atoms with Gasteiger partial charge in [-0.3, -0.25) is 4.79 Å². The molecule has 2 heterocycles. The maximum absolute atomic E-state index is 12.2. The van der Waals surface area contributed by atoms with Crippen molar-refractivity contribution in [3.63, 3.8) is 0 Å². The van der Waals surface area contributed by atoms with Gasteiger partial charge in [-0.25, -0.2) is 0 Å². The van der Waals surface area contributed by atoms with Crippen molar-refractivity contribution in [3.05, 3.63) is 64.9 Å². The van der Waals surface area contributed by atoms with E-state index in [1.807, 2.05) is 43.3 Å². The summed E-state index contributed by atoms with van der Waals surface area (Å²) in [6.07, 6.45) is 0.214. The smallest absolute Gasteiger partial charge is 0.234 e. The molecule has 0 fully saturated rings. The van der Waals surface area contributed by atoms with Crippen molar-refractivity contribution in [3.8, 4) is 10.6 Å². The Labute approximate surface area is 180 Å². The summed E-state index contributed by atoms with van der Waals surface area (Å²) in [5.41, 5.74) is 2.53. The number of halogens is 1. The van der Waals surface area contributed by atoms with Gasteiger partial charge < -0.3 is 10.6 Å². The number of thiocarbonyl (C=S) groups is 1. The van der Waals surface area contributed by atoms with Crippen LogP contribution in [0, 0.1) is 6.92 Å². The number of hydrogen-bond donors (Lipinski definition) is 2. The molecule has 4 aromatic rings. The highest BCUT2D eigenvalue weighted by Gasteiger charge is 2.11. The van der Waals surface area contributed by atoms with Crippen molar-refractivity contribution in [2.75, 3.05) is 5.32 Å². The first-order chi connectivity index (χ1) is 14.0. The third kappa shape index (κ3) is 4.58. The van der Waals surface area contributed by atoms with E-state index in [1.165, 1.54) is 11.3 Å². The van der Waals surface area contributed by atoms with Gasteiger partial charge in [-0.15, -0.1) is 10.2 Å². The average molecular weight is 443 g/mol. The van der Waals surface area contributed by atoms with Crippen LogP contribution in [0.15, 0.2) is 48.5 Å². The van der Waals surface area contributed by atoms with Gasteiger partial charge in [0.25, 0.3) is 0 Å². The van der Waals surface area contributed by atoms with Gasteiger partial charge in [0.05, 0.1) is 6.42 Å². The van der Waals surface area contributed by atoms with Crippen LogP contribution in [-0.2, 0) is 11.2 Å². The van der Waals surface area contributed by atoms with E-state index in [2.05, 4.69) is 25.9 Å². The molecule has 0 saturated heterocycles. The molecule has 0 aliphatic rings. The number of aryl methyl sites for hydroxylation is 1. The zero-order chi connectivity index (χ0) is 20.4. The Morgan fingerprint density at radius 2 is 2.00 bits per heavy atom. The molecule has 0 spiro atoms. The number of fused-ring (bicyclic) bond motifs is 1. The van der Waals surface area contributed by atoms with E-state index in [4.69, 9.17) is 23.8 Å². The first-order valence-corrected chi connectivity index (χ1v) is 10.2. The number of benzene rings is 2. The normalized spacial score (nSPS) is 10.8. The molecule has 0 aliphatic carbocycles. The quantitative estimate of drug-likeness (QED) is 0.467. The summed E-state index contributed by atoms with van der Waals surface area (Å²) in [6.45, 7) is 1.85. The largest absolute Gasteiger partial charge is 0.332 e. The lowest BCUT2D eigenvalue weighted by Crippen LogP contribution is -2.35. The molecule has 7 nitrogen and oxygen atoms in total. The third-order valence-electron chi connectivity index (χ3n) is 4.05. The summed E-state index contributed by atoms with van der Waals surface area (Å²) in [6, 6.07) is 14.7. The molecule has 146 valence electrons. The van der Waals surface area contributed by atoms with Gasteiger partial charge in [0.15, 0.2) is 10.9 Å². The molecular formula is C19H15ClN6OS2. The minimum atomic E-state index is -0.204. The summed E-state index contributed by atoms with van der Waals surface area (Å²) in [5, 5.41) is 20.0. The van der Waals surface area contributed by atoms with Crippen LogP contribution in [0.1, 0.15) is 11.4 Å². The second-order valence-corrected chi connectivity index (χ2v) is 8.04. The highest BCUT2D eigenvalue weighted by Crippen LogP contribution is 2.27. The fourth-order valence-electron chi connectivity index (χ4n) is 2.68. The first kappa shape index (κ1) is 19.4. The van der Waals surface area contributed by atoms with Gasteiger partial charge in [-0.1, -0.05) is 47.2 Å². The topological polar surface area (TPSA) is 84.2 Å². The van der Waals surface area contributed by atoms with E-state index in [-0.39, 0.29) is 17.4 Å². The van der Waals surface area contributed by atoms with E-state index < -0.39 is 0 Å². The maximum Gasteiger partial charge on any atom is 0.234 e. The Hall–Kier alpha value is -2.88. The fourth-order valence-corrected chi connectivity index (χ4v) is 3.92. The van der Waals surface area contributed by atoms with Crippen LogP contribution < -0.4 is 10.6 Å². The maximum atomic E-state index is 12.2. The van der Waals surface area contributed by atoms with Crippen LogP contribution in [0.2, 0.25) is 5.02 Å². The predicted molar refractivity (Wildman–Crippen MR) is 118 cm³/mol. The van der Waals surface area contributed by atoms with Crippen molar-refractivity contribution < 1.29 is 4.79 Å². The van der Waals surface area contributed by atoms with Crippen LogP contribution in [-0.4, -0.2) is 30.8 Å². The first-order valence-electron chi connectivity index (χ1n) is 8.62. The van der Waals surface area contributed by atoms with E-state index in [0.29, 0.717) is 5.02 Å². The zero-order valence-corrected chi connectivity index (χ0v) is 17.6. The number of hydrogen-bond acceptors (Lipinski definition) is 6. The second kappa shape index (κ2) is 8.24. The van der Waals surface area contributed by atoms with Gasteiger partial charge in [-0.2, -0.15) is 9.61 Å². The number of nitrogens with one attached hydrogen (secondary N) is 2. The SMILES string of the molecule is Cc1nnc2sc(-c3cccc(NC(=S)NC(=O)Cc4ccc(Cl)cc4)c3)nn12. The molecule has 0 radical (unpaired) electrons. The molecule has 2 N–H and O–H groups in total. The molecule has 29 heavy (non-hydrogen) atoms. The molecule has 0 saturated carbocycles. The Morgan fingerprint density at radius 3 is 2.76 bits per heavy atom. The fraction of sp³-hybridized carbons (Fsp3) is 0.105. The standard InChI is InChI=1S/C19H15ClN6OS2/c1-11-23-24-19-26(11)25-17(29-19)13-3-2-4-15(10-13)21-18(28)22-16(27)9-12-5-7-14(20)8-6-12/h2-8,10H,9H2,1H3,(H2,21,22,27,28). The average Bonchev–Trinajstić information content (AvgIpc) is 3.26. The lowest BCUT2D eigenvalue weighted by atomic mass is 10.1. The molecule has 0 bridgehead atoms. The molecule has 1 amide bonds. The molecule has 2 aromatic heterocycles. The monoisotopic (exact) mass is 442 g/mol. The number of carbonyl (C=O) groups is 1. The number of aromatic nitrogens is 4. The number of rotatable bonds is 4. The molecule has 2 aromatic carbocycles. The highest BCUT2D eigenvalue weighted by molar-refractivity contribution is 7.80. The summed E-state index contributed by atoms with van der Waals surface area (Å²) < 4.78 is 1.71. The Kier molecular flexibility index (Phi) is 5.52. The number of amides is 1. The Morgan fingerprint density at radius 1 is 1.21 bits per heavy atom. The molecule has 4 rings (SSSR count). The van der Waals surface area contributed by atoms with Gasteiger partial charge in [-0.05, 0) is 49.0 Å². The Balaban J connectivity index is 1.41. The minimum absolute atomic E-state index is 0.204. The molecule has 10 heteroatoms. The molecular weight excluding hydrogens is 428 g/mol. The summed E-state index contributed by atoms with van der Waals surface area (Å²) >= 11 is 12.6.